The van der Waals surface area contributed by atoms with Gasteiger partial charge in [-0.3, -0.25) is 14.6 Å². The molecule has 0 bridgehead atoms. The van der Waals surface area contributed by atoms with Gasteiger partial charge in [0.2, 0.25) is 5.91 Å². The van der Waals surface area contributed by atoms with E-state index in [2.05, 4.69) is 15.4 Å². The minimum atomic E-state index is -0.345. The third-order valence-electron chi connectivity index (χ3n) is 3.51. The smallest absolute Gasteiger partial charge is 0.267 e. The van der Waals surface area contributed by atoms with Crippen molar-refractivity contribution in [2.24, 2.45) is 0 Å². The van der Waals surface area contributed by atoms with Gasteiger partial charge in [0.25, 0.3) is 5.56 Å². The highest BCUT2D eigenvalue weighted by molar-refractivity contribution is 5.90. The van der Waals surface area contributed by atoms with Crippen LogP contribution in [-0.2, 0) is 11.3 Å². The van der Waals surface area contributed by atoms with Crippen molar-refractivity contribution in [3.05, 3.63) is 71.3 Å². The molecule has 2 heterocycles. The van der Waals surface area contributed by atoms with Crippen molar-refractivity contribution in [1.29, 1.82) is 0 Å². The Kier molecular flexibility index (Phi) is 4.84. The maximum Gasteiger partial charge on any atom is 0.267 e. The Morgan fingerprint density at radius 3 is 2.48 bits per heavy atom. The van der Waals surface area contributed by atoms with E-state index < -0.39 is 0 Å². The van der Waals surface area contributed by atoms with Gasteiger partial charge in [-0.25, -0.2) is 4.68 Å². The Bertz CT molecular complexity index is 921. The average molecular weight is 336 g/mol. The first kappa shape index (κ1) is 16.4. The van der Waals surface area contributed by atoms with Gasteiger partial charge in [0.1, 0.15) is 12.3 Å². The van der Waals surface area contributed by atoms with Crippen molar-refractivity contribution in [3.8, 4) is 17.0 Å². The lowest BCUT2D eigenvalue weighted by atomic mass is 10.2. The number of pyridine rings is 1. The first-order chi connectivity index (χ1) is 12.2. The maximum atomic E-state index is 12.2. The number of aromatic nitrogens is 3. The topological polar surface area (TPSA) is 86.1 Å². The molecule has 126 valence electrons. The lowest BCUT2D eigenvalue weighted by molar-refractivity contribution is -0.117. The summed E-state index contributed by atoms with van der Waals surface area (Å²) in [4.78, 5) is 28.1. The van der Waals surface area contributed by atoms with Gasteiger partial charge in [-0.1, -0.05) is 0 Å². The van der Waals surface area contributed by atoms with Gasteiger partial charge in [-0.15, -0.1) is 0 Å². The van der Waals surface area contributed by atoms with E-state index in [1.54, 1.807) is 62.0 Å². The van der Waals surface area contributed by atoms with Gasteiger partial charge in [0.05, 0.1) is 12.8 Å². The monoisotopic (exact) mass is 336 g/mol. The lowest BCUT2D eigenvalue weighted by Gasteiger charge is -2.09. The number of hydrogen-bond donors (Lipinski definition) is 1. The van der Waals surface area contributed by atoms with Gasteiger partial charge in [0, 0.05) is 29.7 Å². The molecule has 0 atom stereocenters. The zero-order chi connectivity index (χ0) is 17.6. The second-order valence-corrected chi connectivity index (χ2v) is 5.23. The standard InChI is InChI=1S/C18H16N4O3/c1-25-15-4-2-14(3-5-15)20-17(23)12-22-18(24)7-6-16(21-22)13-8-10-19-11-9-13/h2-11H,12H2,1H3,(H,20,23). The third-order valence-corrected chi connectivity index (χ3v) is 3.51. The van der Waals surface area contributed by atoms with E-state index in [0.29, 0.717) is 17.1 Å². The largest absolute Gasteiger partial charge is 0.497 e. The number of anilines is 1. The van der Waals surface area contributed by atoms with Crippen LogP contribution in [0.25, 0.3) is 11.3 Å². The van der Waals surface area contributed by atoms with Crippen LogP contribution in [0.5, 0.6) is 5.75 Å². The molecule has 1 aromatic carbocycles. The molecule has 0 spiro atoms. The molecule has 3 rings (SSSR count). The molecule has 2 aromatic heterocycles. The Balaban J connectivity index is 1.75. The quantitative estimate of drug-likeness (QED) is 0.770. The van der Waals surface area contributed by atoms with Crippen LogP contribution in [0, 0.1) is 0 Å². The summed E-state index contributed by atoms with van der Waals surface area (Å²) in [6, 6.07) is 13.5. The van der Waals surface area contributed by atoms with E-state index in [4.69, 9.17) is 4.74 Å². The van der Waals surface area contributed by atoms with Gasteiger partial charge in [0.15, 0.2) is 0 Å². The average Bonchev–Trinajstić information content (AvgIpc) is 2.65. The number of hydrogen-bond acceptors (Lipinski definition) is 5. The van der Waals surface area contributed by atoms with Gasteiger partial charge in [-0.2, -0.15) is 5.10 Å². The van der Waals surface area contributed by atoms with Gasteiger partial charge < -0.3 is 10.1 Å². The van der Waals surface area contributed by atoms with E-state index in [9.17, 15) is 9.59 Å². The number of amides is 1. The number of nitrogens with one attached hydrogen (secondary N) is 1. The van der Waals surface area contributed by atoms with Crippen LogP contribution in [0.1, 0.15) is 0 Å². The molecule has 0 saturated heterocycles. The molecule has 0 aliphatic carbocycles. The second kappa shape index (κ2) is 7.39. The normalized spacial score (nSPS) is 10.3. The molecule has 0 radical (unpaired) electrons. The van der Waals surface area contributed by atoms with Crippen molar-refractivity contribution >= 4 is 11.6 Å². The summed E-state index contributed by atoms with van der Waals surface area (Å²) in [6.45, 7) is -0.177. The van der Waals surface area contributed by atoms with Crippen LogP contribution in [0.3, 0.4) is 0 Å². The van der Waals surface area contributed by atoms with Crippen molar-refractivity contribution < 1.29 is 9.53 Å². The molecule has 0 aliphatic rings. The van der Waals surface area contributed by atoms with Crippen molar-refractivity contribution in [3.63, 3.8) is 0 Å². The molecular formula is C18H16N4O3. The van der Waals surface area contributed by atoms with E-state index in [-0.39, 0.29) is 18.0 Å². The van der Waals surface area contributed by atoms with Crippen molar-refractivity contribution in [2.75, 3.05) is 12.4 Å². The Morgan fingerprint density at radius 2 is 1.80 bits per heavy atom. The Labute approximate surface area is 143 Å². The third kappa shape index (κ3) is 4.08. The zero-order valence-corrected chi connectivity index (χ0v) is 13.5. The number of carbonyl (C=O) groups is 1. The molecule has 0 fully saturated rings. The first-order valence-electron chi connectivity index (χ1n) is 7.58. The fourth-order valence-corrected chi connectivity index (χ4v) is 2.25. The van der Waals surface area contributed by atoms with Crippen LogP contribution >= 0.6 is 0 Å². The summed E-state index contributed by atoms with van der Waals surface area (Å²) in [5, 5.41) is 6.97. The highest BCUT2D eigenvalue weighted by Crippen LogP contribution is 2.15. The number of nitrogens with zero attached hydrogens (tertiary/aromatic N) is 3. The minimum Gasteiger partial charge on any atom is -0.497 e. The van der Waals surface area contributed by atoms with E-state index in [1.807, 2.05) is 0 Å². The van der Waals surface area contributed by atoms with E-state index in [0.717, 1.165) is 10.2 Å². The summed E-state index contributed by atoms with van der Waals surface area (Å²) >= 11 is 0. The van der Waals surface area contributed by atoms with Crippen LogP contribution in [0.2, 0.25) is 0 Å². The van der Waals surface area contributed by atoms with Gasteiger partial charge >= 0.3 is 0 Å². The molecule has 25 heavy (non-hydrogen) atoms. The highest BCUT2D eigenvalue weighted by Gasteiger charge is 2.08. The molecule has 3 aromatic rings. The van der Waals surface area contributed by atoms with Crippen LogP contribution in [0.15, 0.2) is 65.7 Å². The number of ether oxygens (including phenoxy) is 1. The minimum absolute atomic E-state index is 0.177. The van der Waals surface area contributed by atoms with Gasteiger partial charge in [-0.05, 0) is 42.5 Å². The van der Waals surface area contributed by atoms with Crippen molar-refractivity contribution in [2.45, 2.75) is 6.54 Å². The summed E-state index contributed by atoms with van der Waals surface area (Å²) in [5.74, 6) is 0.354. The molecule has 0 saturated carbocycles. The van der Waals surface area contributed by atoms with Crippen LogP contribution < -0.4 is 15.6 Å². The molecule has 0 aliphatic heterocycles. The zero-order valence-electron chi connectivity index (χ0n) is 13.5. The molecule has 0 unspecified atom stereocenters. The van der Waals surface area contributed by atoms with Crippen LogP contribution in [0.4, 0.5) is 5.69 Å². The van der Waals surface area contributed by atoms with E-state index in [1.165, 1.54) is 6.07 Å². The Hall–Kier alpha value is -3.48. The molecule has 1 amide bonds. The summed E-state index contributed by atoms with van der Waals surface area (Å²) < 4.78 is 6.20. The number of benzene rings is 1. The first-order valence-corrected chi connectivity index (χ1v) is 7.58. The SMILES string of the molecule is COc1ccc(NC(=O)Cn2nc(-c3ccncc3)ccc2=O)cc1. The lowest BCUT2D eigenvalue weighted by Crippen LogP contribution is -2.29. The summed E-state index contributed by atoms with van der Waals surface area (Å²) in [6.07, 6.45) is 3.28. The molecule has 1 N–H and O–H groups in total. The fourth-order valence-electron chi connectivity index (χ4n) is 2.25. The number of carbonyl (C=O) groups excluding carboxylic acids is 1. The maximum absolute atomic E-state index is 12.2. The van der Waals surface area contributed by atoms with Crippen molar-refractivity contribution in [1.82, 2.24) is 14.8 Å². The molecule has 7 heteroatoms. The van der Waals surface area contributed by atoms with Crippen LogP contribution in [-0.4, -0.2) is 27.8 Å². The summed E-state index contributed by atoms with van der Waals surface area (Å²) in [7, 11) is 1.57. The second-order valence-electron chi connectivity index (χ2n) is 5.23. The number of methoxy groups -OCH3 is 1. The predicted octanol–water partition coefficient (Wildman–Crippen LogP) is 1.95. The molecular weight excluding hydrogens is 320 g/mol. The molecule has 7 nitrogen and oxygen atoms in total. The Morgan fingerprint density at radius 1 is 1.08 bits per heavy atom. The highest BCUT2D eigenvalue weighted by atomic mass is 16.5. The number of rotatable bonds is 5. The fraction of sp³-hybridized carbons (Fsp3) is 0.111. The van der Waals surface area contributed by atoms with E-state index >= 15 is 0 Å². The summed E-state index contributed by atoms with van der Waals surface area (Å²) in [5.41, 5.74) is 1.69. The predicted molar refractivity (Wildman–Crippen MR) is 93.4 cm³/mol.